The zero-order chi connectivity index (χ0) is 25.3. The highest BCUT2D eigenvalue weighted by molar-refractivity contribution is 5.96. The van der Waals surface area contributed by atoms with Crippen molar-refractivity contribution < 1.29 is 19.1 Å². The van der Waals surface area contributed by atoms with Gasteiger partial charge < -0.3 is 9.47 Å². The molecule has 36 heavy (non-hydrogen) atoms. The minimum atomic E-state index is -0.476. The van der Waals surface area contributed by atoms with Crippen LogP contribution in [-0.2, 0) is 11.4 Å². The highest BCUT2D eigenvalue weighted by atomic mass is 16.5. The Kier molecular flexibility index (Phi) is 7.93. The zero-order valence-corrected chi connectivity index (χ0v) is 20.2. The fourth-order valence-electron chi connectivity index (χ4n) is 3.77. The molecule has 182 valence electrons. The Morgan fingerprint density at radius 2 is 1.56 bits per heavy atom. The lowest BCUT2D eigenvalue weighted by molar-refractivity contribution is -0.123. The number of ether oxygens (including phenoxy) is 2. The molecule has 0 saturated carbocycles. The van der Waals surface area contributed by atoms with Crippen LogP contribution in [0, 0.1) is 13.8 Å². The Labute approximate surface area is 210 Å². The second-order valence-corrected chi connectivity index (χ2v) is 8.24. The molecule has 4 rings (SSSR count). The van der Waals surface area contributed by atoms with Gasteiger partial charge in [-0.25, -0.2) is 0 Å². The van der Waals surface area contributed by atoms with Crippen LogP contribution in [0.15, 0.2) is 91.3 Å². The lowest BCUT2D eigenvalue weighted by Crippen LogP contribution is -2.43. The summed E-state index contributed by atoms with van der Waals surface area (Å²) in [5.74, 6) is 0.386. The number of nitrogens with one attached hydrogen (secondary N) is 2. The highest BCUT2D eigenvalue weighted by Crippen LogP contribution is 2.29. The maximum Gasteiger partial charge on any atom is 0.276 e. The van der Waals surface area contributed by atoms with Crippen LogP contribution in [-0.4, -0.2) is 23.4 Å². The smallest absolute Gasteiger partial charge is 0.276 e. The molecule has 7 nitrogen and oxygen atoms in total. The second kappa shape index (κ2) is 11.7. The minimum absolute atomic E-state index is 0.247. The molecule has 4 aromatic rings. The van der Waals surface area contributed by atoms with Crippen LogP contribution in [0.2, 0.25) is 0 Å². The van der Waals surface area contributed by atoms with E-state index in [-0.39, 0.29) is 6.61 Å². The maximum atomic E-state index is 12.6. The molecule has 0 bridgehead atoms. The van der Waals surface area contributed by atoms with Crippen molar-refractivity contribution in [3.63, 3.8) is 0 Å². The van der Waals surface area contributed by atoms with E-state index in [1.807, 2.05) is 74.5 Å². The van der Waals surface area contributed by atoms with Gasteiger partial charge in [0.25, 0.3) is 11.8 Å². The number of carbonyl (C=O) groups is 2. The summed E-state index contributed by atoms with van der Waals surface area (Å²) >= 11 is 0. The predicted molar refractivity (Wildman–Crippen MR) is 137 cm³/mol. The molecule has 2 amide bonds. The van der Waals surface area contributed by atoms with Gasteiger partial charge in [0.05, 0.1) is 0 Å². The van der Waals surface area contributed by atoms with Crippen LogP contribution in [0.3, 0.4) is 0 Å². The van der Waals surface area contributed by atoms with Crippen molar-refractivity contribution in [1.29, 1.82) is 0 Å². The van der Waals surface area contributed by atoms with Crippen LogP contribution < -0.4 is 20.3 Å². The minimum Gasteiger partial charge on any atom is -0.488 e. The van der Waals surface area contributed by atoms with E-state index < -0.39 is 11.8 Å². The average molecular weight is 482 g/mol. The lowest BCUT2D eigenvalue weighted by atomic mass is 10.1. The normalized spacial score (nSPS) is 10.4. The Hall–Kier alpha value is -4.65. The Morgan fingerprint density at radius 1 is 0.833 bits per heavy atom. The van der Waals surface area contributed by atoms with E-state index in [2.05, 4.69) is 15.8 Å². The number of pyridine rings is 1. The monoisotopic (exact) mass is 481 g/mol. The zero-order valence-electron chi connectivity index (χ0n) is 20.2. The number of amides is 2. The molecule has 0 fully saturated rings. The number of carbonyl (C=O) groups excluding carboxylic acids is 2. The van der Waals surface area contributed by atoms with E-state index in [1.54, 1.807) is 30.6 Å². The Morgan fingerprint density at radius 3 is 2.28 bits per heavy atom. The van der Waals surface area contributed by atoms with Gasteiger partial charge in [-0.3, -0.25) is 25.4 Å². The number of hydrogen-bond donors (Lipinski definition) is 2. The average Bonchev–Trinajstić information content (AvgIpc) is 2.91. The maximum absolute atomic E-state index is 12.6. The van der Waals surface area contributed by atoms with E-state index in [0.29, 0.717) is 23.7 Å². The first-order valence-electron chi connectivity index (χ1n) is 11.5. The number of nitrogens with zero attached hydrogens (tertiary/aromatic N) is 1. The first-order valence-corrected chi connectivity index (χ1v) is 11.5. The van der Waals surface area contributed by atoms with Crippen molar-refractivity contribution in [2.24, 2.45) is 0 Å². The van der Waals surface area contributed by atoms with Gasteiger partial charge in [-0.15, -0.1) is 0 Å². The van der Waals surface area contributed by atoms with Gasteiger partial charge in [0, 0.05) is 29.1 Å². The standard InChI is InChI=1S/C29H27N3O4/c1-20-15-24(16-21(2)28(20)36-18-22-9-8-14-30-17-22)29(34)32-31-27(33)19-35-26-13-7-6-12-25(26)23-10-4-3-5-11-23/h3-17H,18-19H2,1-2H3,(H,31,33)(H,32,34). The van der Waals surface area contributed by atoms with Crippen molar-refractivity contribution in [2.45, 2.75) is 20.5 Å². The predicted octanol–water partition coefficient (Wildman–Crippen LogP) is 4.78. The van der Waals surface area contributed by atoms with E-state index in [4.69, 9.17) is 9.47 Å². The van der Waals surface area contributed by atoms with E-state index in [9.17, 15) is 9.59 Å². The fraction of sp³-hybridized carbons (Fsp3) is 0.138. The lowest BCUT2D eigenvalue weighted by Gasteiger charge is -2.15. The van der Waals surface area contributed by atoms with Gasteiger partial charge in [0.2, 0.25) is 0 Å². The quantitative estimate of drug-likeness (QED) is 0.354. The first kappa shape index (κ1) is 24.5. The van der Waals surface area contributed by atoms with Gasteiger partial charge >= 0.3 is 0 Å². The van der Waals surface area contributed by atoms with Gasteiger partial charge in [0.15, 0.2) is 6.61 Å². The van der Waals surface area contributed by atoms with Crippen LogP contribution in [0.25, 0.3) is 11.1 Å². The van der Waals surface area contributed by atoms with E-state index in [0.717, 1.165) is 27.8 Å². The number of para-hydroxylation sites is 1. The first-order chi connectivity index (χ1) is 17.5. The van der Waals surface area contributed by atoms with Gasteiger partial charge in [0.1, 0.15) is 18.1 Å². The molecular formula is C29H27N3O4. The molecule has 3 aromatic carbocycles. The summed E-state index contributed by atoms with van der Waals surface area (Å²) in [5.41, 5.74) is 9.72. The molecule has 1 heterocycles. The number of hydrogen-bond acceptors (Lipinski definition) is 5. The van der Waals surface area contributed by atoms with Gasteiger partial charge in [-0.1, -0.05) is 54.6 Å². The summed E-state index contributed by atoms with van der Waals surface area (Å²) in [4.78, 5) is 29.1. The van der Waals surface area contributed by atoms with Crippen molar-refractivity contribution in [3.05, 3.63) is 114 Å². The summed E-state index contributed by atoms with van der Waals surface area (Å²) in [6.07, 6.45) is 3.46. The SMILES string of the molecule is Cc1cc(C(=O)NNC(=O)COc2ccccc2-c2ccccc2)cc(C)c1OCc1cccnc1. The molecule has 0 spiro atoms. The molecule has 0 aliphatic carbocycles. The third-order valence-electron chi connectivity index (χ3n) is 5.47. The Balaban J connectivity index is 1.31. The van der Waals surface area contributed by atoms with E-state index >= 15 is 0 Å². The molecule has 0 saturated heterocycles. The van der Waals surface area contributed by atoms with Gasteiger partial charge in [-0.05, 0) is 54.8 Å². The molecular weight excluding hydrogens is 454 g/mol. The number of rotatable bonds is 8. The second-order valence-electron chi connectivity index (χ2n) is 8.24. The van der Waals surface area contributed by atoms with Gasteiger partial charge in [-0.2, -0.15) is 0 Å². The van der Waals surface area contributed by atoms with Crippen molar-refractivity contribution >= 4 is 11.8 Å². The third kappa shape index (κ3) is 6.27. The number of hydrazine groups is 1. The largest absolute Gasteiger partial charge is 0.488 e. The summed E-state index contributed by atoms with van der Waals surface area (Å²) < 4.78 is 11.7. The molecule has 0 atom stereocenters. The molecule has 2 N–H and O–H groups in total. The van der Waals surface area contributed by atoms with Crippen molar-refractivity contribution in [1.82, 2.24) is 15.8 Å². The van der Waals surface area contributed by atoms with Crippen LogP contribution in [0.5, 0.6) is 11.5 Å². The number of benzene rings is 3. The summed E-state index contributed by atoms with van der Waals surface area (Å²) in [6.45, 7) is 3.88. The molecule has 0 aliphatic heterocycles. The summed E-state index contributed by atoms with van der Waals surface area (Å²) in [7, 11) is 0. The Bertz CT molecular complexity index is 1320. The molecule has 1 aromatic heterocycles. The topological polar surface area (TPSA) is 89.6 Å². The molecule has 0 unspecified atom stereocenters. The highest BCUT2D eigenvalue weighted by Gasteiger charge is 2.14. The number of aryl methyl sites for hydroxylation is 2. The van der Waals surface area contributed by atoms with Crippen molar-refractivity contribution in [2.75, 3.05) is 6.61 Å². The van der Waals surface area contributed by atoms with E-state index in [1.165, 1.54) is 0 Å². The van der Waals surface area contributed by atoms with Crippen LogP contribution in [0.1, 0.15) is 27.0 Å². The third-order valence-corrected chi connectivity index (χ3v) is 5.47. The number of aromatic nitrogens is 1. The molecule has 0 aliphatic rings. The van der Waals surface area contributed by atoms with Crippen molar-refractivity contribution in [3.8, 4) is 22.6 Å². The molecule has 0 radical (unpaired) electrons. The fourth-order valence-corrected chi connectivity index (χ4v) is 3.77. The van der Waals surface area contributed by atoms with Crippen LogP contribution >= 0.6 is 0 Å². The molecule has 7 heteroatoms. The summed E-state index contributed by atoms with van der Waals surface area (Å²) in [5, 5.41) is 0. The van der Waals surface area contributed by atoms with Crippen LogP contribution in [0.4, 0.5) is 0 Å². The summed E-state index contributed by atoms with van der Waals surface area (Å²) in [6, 6.07) is 24.5.